The summed E-state index contributed by atoms with van der Waals surface area (Å²) in [6.45, 7) is 6.47. The monoisotopic (exact) mass is 1060 g/mol. The third kappa shape index (κ3) is 54.2. The van der Waals surface area contributed by atoms with E-state index in [1.54, 1.807) is 6.08 Å². The van der Waals surface area contributed by atoms with Crippen LogP contribution in [0.4, 0.5) is 0 Å². The van der Waals surface area contributed by atoms with Crippen molar-refractivity contribution in [3.05, 3.63) is 158 Å². The molecule has 3 unspecified atom stereocenters. The number of nitrogens with one attached hydrogen (secondary N) is 1. The number of phosphoric acid groups is 1. The van der Waals surface area contributed by atoms with Crippen LogP contribution >= 0.6 is 7.82 Å². The fourth-order valence-electron chi connectivity index (χ4n) is 7.20. The Morgan fingerprint density at radius 2 is 0.920 bits per heavy atom. The highest BCUT2D eigenvalue weighted by molar-refractivity contribution is 7.45. The maximum Gasteiger partial charge on any atom is 0.306 e. The minimum atomic E-state index is -4.73. The standard InChI is InChI=1S/C65H105N2O7P/c1-7-10-13-16-19-22-25-27-29-31-32-33-34-36-37-39-42-45-48-51-54-57-64(68)66-62(61-73-75(70,71)72-60-59-67(4,5)6)63(56-53-50-47-44-41-24-21-18-15-12-9-3)74-65(69)58-55-52-49-46-43-40-38-35-30-28-26-23-20-17-14-11-8-2/h10-11,13-14,17,19-20,22-23,26-30,32-33,35-38,40,42-43,45,53,56,62-63H,7-9,12,15-16,18,21,24-25,31,34,39,41,44,46-52,54-55,57-61H2,1-6H3,(H-,66,68,70,71)/b13-10-,14-11-,20-17+,22-19-,26-23+,29-27-,30-28-,33-32-,37-36-,38-35+,43-40+,45-42-,56-53-. The molecule has 0 saturated carbocycles. The molecule has 0 aromatic carbocycles. The zero-order valence-electron chi connectivity index (χ0n) is 47.9. The Labute approximate surface area is 459 Å². The Balaban J connectivity index is 5.48. The Hall–Kier alpha value is -4.37. The summed E-state index contributed by atoms with van der Waals surface area (Å²) in [5.41, 5.74) is 0. The van der Waals surface area contributed by atoms with Crippen molar-refractivity contribution >= 4 is 19.7 Å². The van der Waals surface area contributed by atoms with Crippen LogP contribution in [-0.2, 0) is 27.9 Å². The molecule has 0 aromatic heterocycles. The maximum atomic E-state index is 13.5. The molecular weight excluding hydrogens is 952 g/mol. The van der Waals surface area contributed by atoms with Gasteiger partial charge in [0.05, 0.1) is 33.8 Å². The second-order valence-corrected chi connectivity index (χ2v) is 21.2. The number of ether oxygens (including phenoxy) is 1. The molecule has 3 atom stereocenters. The number of nitrogens with zero attached hydrogens (tertiary/aromatic N) is 1. The molecule has 0 rings (SSSR count). The summed E-state index contributed by atoms with van der Waals surface area (Å²) in [7, 11) is 1.10. The molecule has 0 bridgehead atoms. The van der Waals surface area contributed by atoms with Crippen molar-refractivity contribution in [1.29, 1.82) is 0 Å². The number of amides is 1. The van der Waals surface area contributed by atoms with Gasteiger partial charge in [0, 0.05) is 12.8 Å². The van der Waals surface area contributed by atoms with E-state index >= 15 is 0 Å². The van der Waals surface area contributed by atoms with E-state index in [-0.39, 0.29) is 25.4 Å². The first kappa shape index (κ1) is 70.6. The molecule has 1 amide bonds. The van der Waals surface area contributed by atoms with E-state index in [1.807, 2.05) is 88.0 Å². The van der Waals surface area contributed by atoms with Gasteiger partial charge in [-0.3, -0.25) is 14.2 Å². The predicted molar refractivity (Wildman–Crippen MR) is 320 cm³/mol. The van der Waals surface area contributed by atoms with Gasteiger partial charge in [-0.2, -0.15) is 0 Å². The zero-order chi connectivity index (χ0) is 55.0. The van der Waals surface area contributed by atoms with Gasteiger partial charge in [0.1, 0.15) is 19.3 Å². The lowest BCUT2D eigenvalue weighted by Crippen LogP contribution is -2.47. The van der Waals surface area contributed by atoms with Crippen molar-refractivity contribution in [3.63, 3.8) is 0 Å². The van der Waals surface area contributed by atoms with Crippen molar-refractivity contribution < 1.29 is 37.3 Å². The van der Waals surface area contributed by atoms with Gasteiger partial charge in [-0.25, -0.2) is 0 Å². The lowest BCUT2D eigenvalue weighted by molar-refractivity contribution is -0.870. The van der Waals surface area contributed by atoms with Crippen LogP contribution in [0.25, 0.3) is 0 Å². The Morgan fingerprint density at radius 1 is 0.493 bits per heavy atom. The fourth-order valence-corrected chi connectivity index (χ4v) is 7.92. The van der Waals surface area contributed by atoms with E-state index in [2.05, 4.69) is 111 Å². The van der Waals surface area contributed by atoms with Crippen LogP contribution < -0.4 is 10.2 Å². The summed E-state index contributed by atoms with van der Waals surface area (Å²) in [5, 5.41) is 2.98. The lowest BCUT2D eigenvalue weighted by Gasteiger charge is -2.30. The largest absolute Gasteiger partial charge is 0.756 e. The van der Waals surface area contributed by atoms with Gasteiger partial charge < -0.3 is 28.5 Å². The van der Waals surface area contributed by atoms with Crippen molar-refractivity contribution in [3.8, 4) is 0 Å². The minimum Gasteiger partial charge on any atom is -0.756 e. The molecule has 1 N–H and O–H groups in total. The van der Waals surface area contributed by atoms with Crippen LogP contribution in [0.3, 0.4) is 0 Å². The average Bonchev–Trinajstić information content (AvgIpc) is 3.37. The summed E-state index contributed by atoms with van der Waals surface area (Å²) < 4.78 is 30.1. The van der Waals surface area contributed by atoms with Crippen LogP contribution in [0.15, 0.2) is 158 Å². The van der Waals surface area contributed by atoms with Gasteiger partial charge in [-0.05, 0) is 102 Å². The van der Waals surface area contributed by atoms with Crippen molar-refractivity contribution in [2.45, 2.75) is 200 Å². The fraction of sp³-hybridized carbons (Fsp3) is 0.569. The number of hydrogen-bond acceptors (Lipinski definition) is 7. The SMILES string of the molecule is CC\C=C/C=C/C=C/C=C\C=C\C=C\CCCCCC(=O)OC(/C=C\CCCCCCCCCCC)C(COP(=O)([O-])OCC[N+](C)(C)C)NC(=O)CCCC/C=C\C/C=C\C/C=C\C/C=C\C/C=C\C/C=C\CC. The first-order valence-electron chi connectivity index (χ1n) is 28.9. The number of esters is 1. The second-order valence-electron chi connectivity index (χ2n) is 19.8. The summed E-state index contributed by atoms with van der Waals surface area (Å²) in [5.74, 6) is -0.661. The van der Waals surface area contributed by atoms with E-state index in [0.29, 0.717) is 23.9 Å². The van der Waals surface area contributed by atoms with E-state index in [1.165, 1.54) is 44.9 Å². The third-order valence-corrected chi connectivity index (χ3v) is 12.6. The second kappa shape index (κ2) is 53.0. The van der Waals surface area contributed by atoms with Gasteiger partial charge in [-0.15, -0.1) is 0 Å². The highest BCUT2D eigenvalue weighted by Gasteiger charge is 2.27. The molecule has 0 heterocycles. The first-order chi connectivity index (χ1) is 36.4. The van der Waals surface area contributed by atoms with E-state index < -0.39 is 32.5 Å². The number of phosphoric ester groups is 1. The molecule has 0 spiro atoms. The number of carbonyl (C=O) groups excluding carboxylic acids is 2. The zero-order valence-corrected chi connectivity index (χ0v) is 48.8. The quantitative estimate of drug-likeness (QED) is 0.0161. The summed E-state index contributed by atoms with van der Waals surface area (Å²) in [4.78, 5) is 39.9. The number of quaternary nitrogens is 1. The average molecular weight is 1060 g/mol. The topological polar surface area (TPSA) is 114 Å². The molecule has 422 valence electrons. The molecular formula is C65H105N2O7P. The highest BCUT2D eigenvalue weighted by Crippen LogP contribution is 2.38. The number of unbranched alkanes of at least 4 members (excludes halogenated alkanes) is 14. The van der Waals surface area contributed by atoms with Crippen molar-refractivity contribution in [1.82, 2.24) is 5.32 Å². The predicted octanol–water partition coefficient (Wildman–Crippen LogP) is 17.0. The number of hydrogen-bond donors (Lipinski definition) is 1. The number of allylic oxidation sites excluding steroid dienone is 25. The number of likely N-dealkylation sites (N-methyl/N-ethyl adjacent to an activating group) is 1. The molecule has 0 aromatic rings. The van der Waals surface area contributed by atoms with Crippen LogP contribution in [0.1, 0.15) is 188 Å². The molecule has 0 fully saturated rings. The Morgan fingerprint density at radius 3 is 1.45 bits per heavy atom. The van der Waals surface area contributed by atoms with Gasteiger partial charge in [0.15, 0.2) is 0 Å². The van der Waals surface area contributed by atoms with Gasteiger partial charge in [0.25, 0.3) is 7.82 Å². The Bertz CT molecular complexity index is 1840. The molecule has 0 saturated heterocycles. The molecule has 0 aliphatic rings. The maximum absolute atomic E-state index is 13.5. The first-order valence-corrected chi connectivity index (χ1v) is 30.3. The van der Waals surface area contributed by atoms with E-state index in [0.717, 1.165) is 96.3 Å². The molecule has 0 aliphatic heterocycles. The number of carbonyl (C=O) groups is 2. The van der Waals surface area contributed by atoms with E-state index in [4.69, 9.17) is 13.8 Å². The minimum absolute atomic E-state index is 0.0489. The van der Waals surface area contributed by atoms with Crippen LogP contribution in [-0.4, -0.2) is 69.4 Å². The van der Waals surface area contributed by atoms with Gasteiger partial charge in [0.2, 0.25) is 5.91 Å². The van der Waals surface area contributed by atoms with Gasteiger partial charge >= 0.3 is 5.97 Å². The third-order valence-electron chi connectivity index (χ3n) is 11.6. The number of rotatable bonds is 49. The smallest absolute Gasteiger partial charge is 0.306 e. The summed E-state index contributed by atoms with van der Waals surface area (Å²) in [6.07, 6.45) is 77.9. The summed E-state index contributed by atoms with van der Waals surface area (Å²) in [6, 6.07) is -0.942. The van der Waals surface area contributed by atoms with Crippen molar-refractivity contribution in [2.24, 2.45) is 0 Å². The molecule has 75 heavy (non-hydrogen) atoms. The van der Waals surface area contributed by atoms with Crippen LogP contribution in [0.2, 0.25) is 0 Å². The van der Waals surface area contributed by atoms with Crippen LogP contribution in [0.5, 0.6) is 0 Å². The molecule has 0 aliphatic carbocycles. The normalized spacial score (nSPS) is 14.9. The van der Waals surface area contributed by atoms with E-state index in [9.17, 15) is 19.0 Å². The van der Waals surface area contributed by atoms with Crippen LogP contribution in [0, 0.1) is 0 Å². The van der Waals surface area contributed by atoms with Gasteiger partial charge in [-0.1, -0.05) is 230 Å². The highest BCUT2D eigenvalue weighted by atomic mass is 31.2. The molecule has 0 radical (unpaired) electrons. The molecule has 9 nitrogen and oxygen atoms in total. The van der Waals surface area contributed by atoms with Crippen molar-refractivity contribution in [2.75, 3.05) is 40.9 Å². The lowest BCUT2D eigenvalue weighted by atomic mass is 10.1. The molecule has 10 heteroatoms. The Kier molecular flexibility index (Phi) is 50.0. The summed E-state index contributed by atoms with van der Waals surface area (Å²) >= 11 is 0.